The van der Waals surface area contributed by atoms with E-state index in [0.29, 0.717) is 22.0 Å². The molecule has 0 spiro atoms. The van der Waals surface area contributed by atoms with Gasteiger partial charge in [0, 0.05) is 16.3 Å². The van der Waals surface area contributed by atoms with Crippen LogP contribution in [0.4, 0.5) is 5.69 Å². The maximum Gasteiger partial charge on any atom is 0.198 e. The first kappa shape index (κ1) is 15.0. The quantitative estimate of drug-likeness (QED) is 0.667. The van der Waals surface area contributed by atoms with E-state index in [9.17, 15) is 4.79 Å². The van der Waals surface area contributed by atoms with Crippen LogP contribution in [0.2, 0.25) is 15.1 Å². The van der Waals surface area contributed by atoms with Gasteiger partial charge in [-0.1, -0.05) is 34.8 Å². The SMILES string of the molecule is COc1ccc(Cl)cc1C(=O)c1cc(N)cc(Cl)c1Cl. The van der Waals surface area contributed by atoms with Crippen molar-refractivity contribution < 1.29 is 9.53 Å². The summed E-state index contributed by atoms with van der Waals surface area (Å²) in [7, 11) is 1.47. The Hall–Kier alpha value is -1.42. The molecular formula is C14H10Cl3NO2. The van der Waals surface area contributed by atoms with Gasteiger partial charge >= 0.3 is 0 Å². The van der Waals surface area contributed by atoms with Crippen molar-refractivity contribution in [3.05, 3.63) is 56.5 Å². The molecule has 0 saturated heterocycles. The molecule has 0 saturated carbocycles. The monoisotopic (exact) mass is 329 g/mol. The van der Waals surface area contributed by atoms with Crippen LogP contribution in [0.25, 0.3) is 0 Å². The molecular weight excluding hydrogens is 321 g/mol. The fourth-order valence-corrected chi connectivity index (χ4v) is 2.37. The standard InChI is InChI=1S/C14H10Cl3NO2/c1-20-12-3-2-7(15)4-9(12)14(19)10-5-8(18)6-11(16)13(10)17/h2-6H,18H2,1H3. The number of carbonyl (C=O) groups is 1. The molecule has 0 fully saturated rings. The first-order valence-corrected chi connectivity index (χ1v) is 6.70. The van der Waals surface area contributed by atoms with E-state index in [1.807, 2.05) is 0 Å². The Morgan fingerprint density at radius 1 is 1.10 bits per heavy atom. The molecule has 0 amide bonds. The molecule has 6 heteroatoms. The molecule has 0 bridgehead atoms. The van der Waals surface area contributed by atoms with Crippen LogP contribution in [0, 0.1) is 0 Å². The number of halogens is 3. The Labute approximate surface area is 131 Å². The number of rotatable bonds is 3. The predicted octanol–water partition coefficient (Wildman–Crippen LogP) is 4.47. The van der Waals surface area contributed by atoms with Crippen LogP contribution in [-0.2, 0) is 0 Å². The molecule has 0 aliphatic carbocycles. The molecule has 104 valence electrons. The third kappa shape index (κ3) is 2.85. The van der Waals surface area contributed by atoms with Crippen molar-refractivity contribution >= 4 is 46.3 Å². The van der Waals surface area contributed by atoms with E-state index < -0.39 is 0 Å². The maximum absolute atomic E-state index is 12.6. The lowest BCUT2D eigenvalue weighted by molar-refractivity contribution is 0.103. The molecule has 0 atom stereocenters. The van der Waals surface area contributed by atoms with Crippen LogP contribution in [-0.4, -0.2) is 12.9 Å². The van der Waals surface area contributed by atoms with Crippen molar-refractivity contribution in [1.82, 2.24) is 0 Å². The molecule has 0 radical (unpaired) electrons. The van der Waals surface area contributed by atoms with E-state index in [1.165, 1.54) is 25.3 Å². The van der Waals surface area contributed by atoms with Crippen LogP contribution in [0.15, 0.2) is 30.3 Å². The highest BCUT2D eigenvalue weighted by Gasteiger charge is 2.19. The largest absolute Gasteiger partial charge is 0.496 e. The predicted molar refractivity (Wildman–Crippen MR) is 82.3 cm³/mol. The van der Waals surface area contributed by atoms with Crippen molar-refractivity contribution in [3.8, 4) is 5.75 Å². The molecule has 0 heterocycles. The van der Waals surface area contributed by atoms with Crippen LogP contribution in [0.3, 0.4) is 0 Å². The van der Waals surface area contributed by atoms with Crippen LogP contribution < -0.4 is 10.5 Å². The second-order valence-corrected chi connectivity index (χ2v) is 5.26. The normalized spacial score (nSPS) is 10.4. The summed E-state index contributed by atoms with van der Waals surface area (Å²) in [5, 5.41) is 0.782. The number of hydrogen-bond donors (Lipinski definition) is 1. The topological polar surface area (TPSA) is 52.3 Å². The minimum atomic E-state index is -0.358. The van der Waals surface area contributed by atoms with Gasteiger partial charge in [0.1, 0.15) is 5.75 Å². The molecule has 2 N–H and O–H groups in total. The van der Waals surface area contributed by atoms with E-state index in [-0.39, 0.29) is 21.4 Å². The van der Waals surface area contributed by atoms with E-state index >= 15 is 0 Å². The zero-order valence-corrected chi connectivity index (χ0v) is 12.7. The lowest BCUT2D eigenvalue weighted by atomic mass is 10.0. The lowest BCUT2D eigenvalue weighted by Gasteiger charge is -2.10. The summed E-state index contributed by atoms with van der Waals surface area (Å²) in [6, 6.07) is 7.70. The van der Waals surface area contributed by atoms with E-state index in [2.05, 4.69) is 0 Å². The van der Waals surface area contributed by atoms with Crippen molar-refractivity contribution in [2.24, 2.45) is 0 Å². The van der Waals surface area contributed by atoms with Gasteiger partial charge in [0.05, 0.1) is 22.7 Å². The van der Waals surface area contributed by atoms with E-state index in [4.69, 9.17) is 45.3 Å². The van der Waals surface area contributed by atoms with Crippen molar-refractivity contribution in [1.29, 1.82) is 0 Å². The average molecular weight is 331 g/mol. The Balaban J connectivity index is 2.60. The van der Waals surface area contributed by atoms with Gasteiger partial charge in [-0.2, -0.15) is 0 Å². The summed E-state index contributed by atoms with van der Waals surface area (Å²) in [5.74, 6) is 0.0394. The van der Waals surface area contributed by atoms with Gasteiger partial charge in [0.2, 0.25) is 0 Å². The molecule has 20 heavy (non-hydrogen) atoms. The van der Waals surface area contributed by atoms with E-state index in [0.717, 1.165) is 0 Å². The summed E-state index contributed by atoms with van der Waals surface area (Å²) in [6.07, 6.45) is 0. The van der Waals surface area contributed by atoms with Crippen molar-refractivity contribution in [2.45, 2.75) is 0 Å². The number of ether oxygens (including phenoxy) is 1. The Bertz CT molecular complexity index is 686. The maximum atomic E-state index is 12.6. The Kier molecular flexibility index (Phi) is 4.43. The molecule has 2 rings (SSSR count). The zero-order chi connectivity index (χ0) is 14.9. The van der Waals surface area contributed by atoms with Gasteiger partial charge in [-0.25, -0.2) is 0 Å². The first-order valence-electron chi connectivity index (χ1n) is 5.56. The number of methoxy groups -OCH3 is 1. The highest BCUT2D eigenvalue weighted by Crippen LogP contribution is 2.33. The van der Waals surface area contributed by atoms with Gasteiger partial charge in [-0.05, 0) is 30.3 Å². The molecule has 3 nitrogen and oxygen atoms in total. The van der Waals surface area contributed by atoms with Crippen molar-refractivity contribution in [3.63, 3.8) is 0 Å². The number of hydrogen-bond acceptors (Lipinski definition) is 3. The highest BCUT2D eigenvalue weighted by atomic mass is 35.5. The van der Waals surface area contributed by atoms with Gasteiger partial charge in [0.15, 0.2) is 5.78 Å². The van der Waals surface area contributed by atoms with Gasteiger partial charge in [0.25, 0.3) is 0 Å². The molecule has 2 aromatic rings. The lowest BCUT2D eigenvalue weighted by Crippen LogP contribution is -2.06. The fourth-order valence-electron chi connectivity index (χ4n) is 1.78. The molecule has 0 aliphatic rings. The van der Waals surface area contributed by atoms with Crippen LogP contribution >= 0.6 is 34.8 Å². The van der Waals surface area contributed by atoms with E-state index in [1.54, 1.807) is 12.1 Å². The minimum absolute atomic E-state index is 0.146. The molecule has 0 aromatic heterocycles. The average Bonchev–Trinajstić information content (AvgIpc) is 2.42. The Morgan fingerprint density at radius 3 is 2.45 bits per heavy atom. The molecule has 0 unspecified atom stereocenters. The number of nitrogens with two attached hydrogens (primary N) is 1. The minimum Gasteiger partial charge on any atom is -0.496 e. The van der Waals surface area contributed by atoms with Gasteiger partial charge in [-0.3, -0.25) is 4.79 Å². The third-order valence-electron chi connectivity index (χ3n) is 2.70. The summed E-state index contributed by atoms with van der Waals surface area (Å²) in [6.45, 7) is 0. The highest BCUT2D eigenvalue weighted by molar-refractivity contribution is 6.44. The summed E-state index contributed by atoms with van der Waals surface area (Å²) >= 11 is 17.9. The summed E-state index contributed by atoms with van der Waals surface area (Å²) in [5.41, 5.74) is 6.54. The number of ketones is 1. The van der Waals surface area contributed by atoms with Crippen LogP contribution in [0.1, 0.15) is 15.9 Å². The summed E-state index contributed by atoms with van der Waals surface area (Å²) in [4.78, 5) is 12.6. The molecule has 0 aliphatic heterocycles. The number of anilines is 1. The number of benzene rings is 2. The smallest absolute Gasteiger partial charge is 0.198 e. The first-order chi connectivity index (χ1) is 9.43. The third-order valence-corrected chi connectivity index (χ3v) is 3.74. The number of carbonyl (C=O) groups excluding carboxylic acids is 1. The zero-order valence-electron chi connectivity index (χ0n) is 10.4. The van der Waals surface area contributed by atoms with Crippen molar-refractivity contribution in [2.75, 3.05) is 12.8 Å². The van der Waals surface area contributed by atoms with Gasteiger partial charge < -0.3 is 10.5 Å². The second kappa shape index (κ2) is 5.92. The fraction of sp³-hybridized carbons (Fsp3) is 0.0714. The second-order valence-electron chi connectivity index (χ2n) is 4.04. The van der Waals surface area contributed by atoms with Gasteiger partial charge in [-0.15, -0.1) is 0 Å². The molecule has 2 aromatic carbocycles. The van der Waals surface area contributed by atoms with Crippen LogP contribution in [0.5, 0.6) is 5.75 Å². The number of nitrogen functional groups attached to an aromatic ring is 1. The summed E-state index contributed by atoms with van der Waals surface area (Å²) < 4.78 is 5.16. The Morgan fingerprint density at radius 2 is 1.80 bits per heavy atom.